The van der Waals surface area contributed by atoms with E-state index >= 15 is 0 Å². The largest absolute Gasteiger partial charge is 0.469 e. The molecule has 254 valence electrons. The van der Waals surface area contributed by atoms with E-state index in [0.29, 0.717) is 25.9 Å². The molecule has 2 aliphatic heterocycles. The van der Waals surface area contributed by atoms with Crippen LogP contribution in [0.5, 0.6) is 0 Å². The van der Waals surface area contributed by atoms with E-state index in [2.05, 4.69) is 6.92 Å². The van der Waals surface area contributed by atoms with Crippen LogP contribution in [0.4, 0.5) is 0 Å². The average molecular weight is 633 g/mol. The monoisotopic (exact) mass is 632 g/mol. The lowest BCUT2D eigenvalue weighted by molar-refractivity contribution is -0.195. The normalized spacial score (nSPS) is 32.2. The van der Waals surface area contributed by atoms with Gasteiger partial charge in [-0.25, -0.2) is 0 Å². The molecule has 0 N–H and O–H groups in total. The lowest BCUT2D eigenvalue weighted by Crippen LogP contribution is -2.36. The summed E-state index contributed by atoms with van der Waals surface area (Å²) in [6, 6.07) is 0. The Morgan fingerprint density at radius 1 is 0.978 bits per heavy atom. The van der Waals surface area contributed by atoms with Gasteiger partial charge in [-0.1, -0.05) is 43.8 Å². The van der Waals surface area contributed by atoms with Crippen LogP contribution in [0.25, 0.3) is 0 Å². The zero-order valence-electron chi connectivity index (χ0n) is 27.7. The number of ketones is 1. The molecular formula is C36H56O9. The Morgan fingerprint density at radius 3 is 2.42 bits per heavy atom. The van der Waals surface area contributed by atoms with Gasteiger partial charge in [0.05, 0.1) is 31.3 Å². The number of ether oxygens (including phenoxy) is 6. The van der Waals surface area contributed by atoms with Crippen LogP contribution in [0.15, 0.2) is 11.1 Å². The van der Waals surface area contributed by atoms with Crippen LogP contribution in [-0.4, -0.2) is 69.4 Å². The summed E-state index contributed by atoms with van der Waals surface area (Å²) >= 11 is 0. The van der Waals surface area contributed by atoms with Crippen LogP contribution >= 0.6 is 0 Å². The number of Topliss-reactive ketones (excluding diaryl/α,β-unsaturated/α-hetero) is 1. The molecule has 0 aromatic heterocycles. The number of hydrogen-bond donors (Lipinski definition) is 0. The zero-order valence-corrected chi connectivity index (χ0v) is 27.7. The van der Waals surface area contributed by atoms with Gasteiger partial charge in [-0.2, -0.15) is 0 Å². The molecule has 0 radical (unpaired) electrons. The first-order chi connectivity index (χ1) is 21.9. The first kappa shape index (κ1) is 34.5. The highest BCUT2D eigenvalue weighted by atomic mass is 16.7. The Bertz CT molecular complexity index is 1030. The second-order valence-corrected chi connectivity index (χ2v) is 13.9. The van der Waals surface area contributed by atoms with Crippen molar-refractivity contribution >= 4 is 17.7 Å². The summed E-state index contributed by atoms with van der Waals surface area (Å²) in [5.41, 5.74) is 1.88. The smallest absolute Gasteiger partial charge is 0.312 e. The zero-order chi connectivity index (χ0) is 31.6. The van der Waals surface area contributed by atoms with Crippen molar-refractivity contribution in [1.82, 2.24) is 0 Å². The third kappa shape index (κ3) is 8.76. The summed E-state index contributed by atoms with van der Waals surface area (Å²) < 4.78 is 35.8. The fourth-order valence-corrected chi connectivity index (χ4v) is 8.39. The number of fused-ring (bicyclic) bond motifs is 1. The molecule has 3 unspecified atom stereocenters. The SMILES string of the molecule is CCCCCC[C@@H](CC1=C([C@H]2C(OC3CCCCO3)C[C@@]3(C(=O)OCCCC(=O)OC)CC(=O)C[C@@H]23)CC1)OC1CCCCO1. The number of methoxy groups -OCH3 is 1. The second-order valence-electron chi connectivity index (χ2n) is 13.9. The summed E-state index contributed by atoms with van der Waals surface area (Å²) in [6.07, 6.45) is 15.9. The Hall–Kier alpha value is -1.81. The Morgan fingerprint density at radius 2 is 1.76 bits per heavy atom. The quantitative estimate of drug-likeness (QED) is 0.0979. The maximum Gasteiger partial charge on any atom is 0.312 e. The van der Waals surface area contributed by atoms with E-state index in [4.69, 9.17) is 28.4 Å². The van der Waals surface area contributed by atoms with Crippen LogP contribution in [-0.2, 0) is 42.8 Å². The van der Waals surface area contributed by atoms with Crippen molar-refractivity contribution in [2.24, 2.45) is 17.3 Å². The minimum Gasteiger partial charge on any atom is -0.469 e. The Kier molecular flexibility index (Phi) is 12.9. The molecule has 2 saturated heterocycles. The molecule has 45 heavy (non-hydrogen) atoms. The number of carbonyl (C=O) groups is 3. The standard InChI is InChI=1S/C36H56O9/c1-3-4-5-6-12-27(44-32-14-7-9-18-41-32)21-25-16-17-28(25)34-29-22-26(37)23-36(29,35(39)43-20-11-13-31(38)40-2)24-30(34)45-33-15-8-10-19-42-33/h27,29-30,32-34H,3-24H2,1-2H3/t27-,29-,30?,32?,33?,34+,36-/m0/s1. The number of rotatable bonds is 17. The van der Waals surface area contributed by atoms with Crippen molar-refractivity contribution in [2.45, 2.75) is 154 Å². The van der Waals surface area contributed by atoms with Crippen LogP contribution in [0.3, 0.4) is 0 Å². The molecule has 9 heteroatoms. The highest BCUT2D eigenvalue weighted by Crippen LogP contribution is 2.61. The van der Waals surface area contributed by atoms with Gasteiger partial charge in [-0.05, 0) is 83.0 Å². The van der Waals surface area contributed by atoms with Crippen molar-refractivity contribution in [3.63, 3.8) is 0 Å². The van der Waals surface area contributed by atoms with Gasteiger partial charge < -0.3 is 28.4 Å². The predicted octanol–water partition coefficient (Wildman–Crippen LogP) is 6.74. The van der Waals surface area contributed by atoms with Crippen molar-refractivity contribution in [3.05, 3.63) is 11.1 Å². The van der Waals surface area contributed by atoms with Gasteiger partial charge in [-0.15, -0.1) is 0 Å². The number of unbranched alkanes of at least 4 members (excludes halogenated alkanes) is 3. The Labute approximate surface area is 269 Å². The molecule has 5 aliphatic rings. The van der Waals surface area contributed by atoms with Gasteiger partial charge in [0.2, 0.25) is 0 Å². The lowest BCUT2D eigenvalue weighted by atomic mass is 9.70. The summed E-state index contributed by atoms with van der Waals surface area (Å²) in [7, 11) is 1.35. The van der Waals surface area contributed by atoms with Gasteiger partial charge in [-0.3, -0.25) is 14.4 Å². The molecule has 0 amide bonds. The van der Waals surface area contributed by atoms with Crippen LogP contribution < -0.4 is 0 Å². The van der Waals surface area contributed by atoms with E-state index in [1.54, 1.807) is 0 Å². The Balaban J connectivity index is 1.35. The minimum absolute atomic E-state index is 0.0139. The molecule has 9 nitrogen and oxygen atoms in total. The fourth-order valence-electron chi connectivity index (χ4n) is 8.39. The maximum absolute atomic E-state index is 13.8. The molecule has 2 saturated carbocycles. The number of hydrogen-bond acceptors (Lipinski definition) is 9. The van der Waals surface area contributed by atoms with E-state index in [1.165, 1.54) is 37.5 Å². The van der Waals surface area contributed by atoms with Crippen molar-refractivity contribution in [3.8, 4) is 0 Å². The molecule has 4 fully saturated rings. The van der Waals surface area contributed by atoms with Gasteiger partial charge in [0.1, 0.15) is 5.78 Å². The van der Waals surface area contributed by atoms with E-state index < -0.39 is 5.41 Å². The molecule has 7 atom stereocenters. The summed E-state index contributed by atoms with van der Waals surface area (Å²) in [6.45, 7) is 3.82. The molecule has 0 aromatic rings. The molecule has 0 bridgehead atoms. The third-order valence-corrected chi connectivity index (χ3v) is 10.8. The fraction of sp³-hybridized carbons (Fsp3) is 0.861. The highest BCUT2D eigenvalue weighted by Gasteiger charge is 2.65. The average Bonchev–Trinajstić information content (AvgIpc) is 3.52. The summed E-state index contributed by atoms with van der Waals surface area (Å²) in [5.74, 6) is -0.691. The highest BCUT2D eigenvalue weighted by molar-refractivity contribution is 5.92. The molecular weight excluding hydrogens is 576 g/mol. The molecule has 2 heterocycles. The molecule has 5 rings (SSSR count). The van der Waals surface area contributed by atoms with Crippen molar-refractivity contribution in [1.29, 1.82) is 0 Å². The summed E-state index contributed by atoms with van der Waals surface area (Å²) in [4.78, 5) is 38.5. The lowest BCUT2D eigenvalue weighted by Gasteiger charge is -2.38. The van der Waals surface area contributed by atoms with Crippen LogP contribution in [0, 0.1) is 17.3 Å². The first-order valence-corrected chi connectivity index (χ1v) is 17.9. The second kappa shape index (κ2) is 16.8. The van der Waals surface area contributed by atoms with E-state index in [9.17, 15) is 14.4 Å². The number of carbonyl (C=O) groups excluding carboxylic acids is 3. The predicted molar refractivity (Wildman–Crippen MR) is 167 cm³/mol. The van der Waals surface area contributed by atoms with Gasteiger partial charge in [0, 0.05) is 38.4 Å². The minimum atomic E-state index is -0.897. The van der Waals surface area contributed by atoms with Gasteiger partial charge in [0.25, 0.3) is 0 Å². The van der Waals surface area contributed by atoms with E-state index in [1.807, 2.05) is 0 Å². The van der Waals surface area contributed by atoms with E-state index in [-0.39, 0.29) is 73.8 Å². The summed E-state index contributed by atoms with van der Waals surface area (Å²) in [5, 5.41) is 0. The maximum atomic E-state index is 13.8. The third-order valence-electron chi connectivity index (χ3n) is 10.8. The van der Waals surface area contributed by atoms with Gasteiger partial charge >= 0.3 is 11.9 Å². The van der Waals surface area contributed by atoms with Crippen LogP contribution in [0.2, 0.25) is 0 Å². The molecule has 3 aliphatic carbocycles. The molecule has 0 spiro atoms. The van der Waals surface area contributed by atoms with Crippen molar-refractivity contribution in [2.75, 3.05) is 26.9 Å². The van der Waals surface area contributed by atoms with E-state index in [0.717, 1.165) is 77.2 Å². The van der Waals surface area contributed by atoms with Crippen molar-refractivity contribution < 1.29 is 42.8 Å². The van der Waals surface area contributed by atoms with Gasteiger partial charge in [0.15, 0.2) is 12.6 Å². The first-order valence-electron chi connectivity index (χ1n) is 17.9. The topological polar surface area (TPSA) is 107 Å². The number of esters is 2. The molecule has 0 aromatic carbocycles. The van der Waals surface area contributed by atoms with Crippen LogP contribution in [0.1, 0.15) is 129 Å².